The van der Waals surface area contributed by atoms with Crippen molar-refractivity contribution in [3.63, 3.8) is 0 Å². The molecule has 3 nitrogen and oxygen atoms in total. The Bertz CT molecular complexity index is 1420. The fourth-order valence-corrected chi connectivity index (χ4v) is 5.26. The van der Waals surface area contributed by atoms with Gasteiger partial charge in [-0.25, -0.2) is 0 Å². The van der Waals surface area contributed by atoms with Gasteiger partial charge in [-0.1, -0.05) is 99.7 Å². The Morgan fingerprint density at radius 2 is 0.973 bits per heavy atom. The minimum absolute atomic E-state index is 0.686. The zero-order chi connectivity index (χ0) is 25.6. The van der Waals surface area contributed by atoms with Crippen LogP contribution in [0.5, 0.6) is 0 Å². The van der Waals surface area contributed by atoms with E-state index in [9.17, 15) is 9.59 Å². The van der Waals surface area contributed by atoms with Gasteiger partial charge in [-0.05, 0) is 52.9 Å². The molecule has 0 aliphatic heterocycles. The van der Waals surface area contributed by atoms with Gasteiger partial charge in [-0.15, -0.1) is 0 Å². The second kappa shape index (κ2) is 11.4. The monoisotopic (exact) mass is 487 g/mol. The number of unbranched alkanes of at least 4 members (excludes halogenated alkanes) is 5. The Kier molecular flexibility index (Phi) is 7.60. The Hall–Kier alpha value is -3.98. The number of benzene rings is 4. The third-order valence-electron chi connectivity index (χ3n) is 7.36. The van der Waals surface area contributed by atoms with Gasteiger partial charge in [0.1, 0.15) is 12.6 Å². The SMILES string of the molecule is CCCCCCCCn1c2ccc(-c3ccc(C=O)cc3)cc2c2cc(-c3ccc(C=O)cc3)ccc21. The van der Waals surface area contributed by atoms with Gasteiger partial charge in [0.15, 0.2) is 0 Å². The van der Waals surface area contributed by atoms with Gasteiger partial charge < -0.3 is 4.57 Å². The lowest BCUT2D eigenvalue weighted by Crippen LogP contribution is -1.98. The first kappa shape index (κ1) is 24.7. The predicted molar refractivity (Wildman–Crippen MR) is 154 cm³/mol. The highest BCUT2D eigenvalue weighted by Crippen LogP contribution is 2.35. The third-order valence-corrected chi connectivity index (χ3v) is 7.36. The topological polar surface area (TPSA) is 39.1 Å². The molecule has 0 unspecified atom stereocenters. The number of carbonyl (C=O) groups excluding carboxylic acids is 2. The van der Waals surface area contributed by atoms with Crippen molar-refractivity contribution in [3.05, 3.63) is 96.1 Å². The van der Waals surface area contributed by atoms with Gasteiger partial charge in [-0.3, -0.25) is 9.59 Å². The highest BCUT2D eigenvalue weighted by Gasteiger charge is 2.13. The fraction of sp³-hybridized carbons (Fsp3) is 0.235. The molecule has 1 heterocycles. The minimum atomic E-state index is 0.686. The van der Waals surface area contributed by atoms with E-state index in [1.54, 1.807) is 0 Å². The Morgan fingerprint density at radius 3 is 1.43 bits per heavy atom. The van der Waals surface area contributed by atoms with Crippen LogP contribution in [0.15, 0.2) is 84.9 Å². The molecule has 5 aromatic rings. The molecule has 0 spiro atoms. The van der Waals surface area contributed by atoms with E-state index in [-0.39, 0.29) is 0 Å². The van der Waals surface area contributed by atoms with Crippen LogP contribution in [0.4, 0.5) is 0 Å². The van der Waals surface area contributed by atoms with E-state index in [1.165, 1.54) is 60.3 Å². The summed E-state index contributed by atoms with van der Waals surface area (Å²) >= 11 is 0. The number of hydrogen-bond acceptors (Lipinski definition) is 2. The van der Waals surface area contributed by atoms with Crippen LogP contribution in [-0.4, -0.2) is 17.1 Å². The summed E-state index contributed by atoms with van der Waals surface area (Å²) in [4.78, 5) is 22.2. The van der Waals surface area contributed by atoms with Crippen LogP contribution in [0.25, 0.3) is 44.1 Å². The van der Waals surface area contributed by atoms with Crippen molar-refractivity contribution in [1.29, 1.82) is 0 Å². The van der Waals surface area contributed by atoms with Gasteiger partial charge in [-0.2, -0.15) is 0 Å². The summed E-state index contributed by atoms with van der Waals surface area (Å²) < 4.78 is 2.48. The van der Waals surface area contributed by atoms with Crippen LogP contribution in [0.3, 0.4) is 0 Å². The van der Waals surface area contributed by atoms with Crippen LogP contribution in [0, 0.1) is 0 Å². The van der Waals surface area contributed by atoms with Crippen molar-refractivity contribution in [1.82, 2.24) is 4.57 Å². The quantitative estimate of drug-likeness (QED) is 0.138. The van der Waals surface area contributed by atoms with Gasteiger partial charge >= 0.3 is 0 Å². The summed E-state index contributed by atoms with van der Waals surface area (Å²) in [6, 6.07) is 29.0. The van der Waals surface area contributed by atoms with Gasteiger partial charge in [0.25, 0.3) is 0 Å². The second-order valence-corrected chi connectivity index (χ2v) is 9.86. The van der Waals surface area contributed by atoms with Crippen molar-refractivity contribution in [3.8, 4) is 22.3 Å². The fourth-order valence-electron chi connectivity index (χ4n) is 5.26. The normalized spacial score (nSPS) is 11.3. The van der Waals surface area contributed by atoms with Crippen molar-refractivity contribution in [2.45, 2.75) is 52.0 Å². The molecule has 0 radical (unpaired) electrons. The molecule has 1 aromatic heterocycles. The van der Waals surface area contributed by atoms with Gasteiger partial charge in [0.05, 0.1) is 0 Å². The lowest BCUT2D eigenvalue weighted by atomic mass is 9.99. The van der Waals surface area contributed by atoms with Gasteiger partial charge in [0, 0.05) is 39.5 Å². The van der Waals surface area contributed by atoms with Gasteiger partial charge in [0.2, 0.25) is 0 Å². The highest BCUT2D eigenvalue weighted by atomic mass is 16.1. The maximum atomic E-state index is 11.1. The molecule has 4 aromatic carbocycles. The number of hydrogen-bond donors (Lipinski definition) is 0. The zero-order valence-electron chi connectivity index (χ0n) is 21.5. The van der Waals surface area contributed by atoms with E-state index in [0.29, 0.717) is 11.1 Å². The summed E-state index contributed by atoms with van der Waals surface area (Å²) in [5, 5.41) is 2.48. The molecular weight excluding hydrogens is 454 g/mol. The molecule has 0 bridgehead atoms. The maximum absolute atomic E-state index is 11.1. The third kappa shape index (κ3) is 5.27. The molecule has 0 fully saturated rings. The zero-order valence-corrected chi connectivity index (χ0v) is 21.5. The van der Waals surface area contributed by atoms with Crippen LogP contribution < -0.4 is 0 Å². The molecule has 0 saturated carbocycles. The van der Waals surface area contributed by atoms with Crippen LogP contribution >= 0.6 is 0 Å². The molecule has 0 amide bonds. The number of rotatable bonds is 11. The highest BCUT2D eigenvalue weighted by molar-refractivity contribution is 6.10. The number of aromatic nitrogens is 1. The summed E-state index contributed by atoms with van der Waals surface area (Å²) in [5.41, 5.74) is 8.37. The molecule has 0 aliphatic rings. The number of aldehydes is 2. The van der Waals surface area contributed by atoms with Crippen molar-refractivity contribution in [2.75, 3.05) is 0 Å². The van der Waals surface area contributed by atoms with Crippen molar-refractivity contribution >= 4 is 34.4 Å². The summed E-state index contributed by atoms with van der Waals surface area (Å²) in [5.74, 6) is 0. The molecule has 0 saturated heterocycles. The molecule has 3 heteroatoms. The number of carbonyl (C=O) groups is 2. The first-order valence-electron chi connectivity index (χ1n) is 13.4. The van der Waals surface area contributed by atoms with Crippen LogP contribution in [-0.2, 0) is 6.54 Å². The molecule has 37 heavy (non-hydrogen) atoms. The first-order chi connectivity index (χ1) is 18.2. The van der Waals surface area contributed by atoms with Crippen molar-refractivity contribution in [2.24, 2.45) is 0 Å². The Labute approximate surface area is 218 Å². The average molecular weight is 488 g/mol. The van der Waals surface area contributed by atoms with Crippen molar-refractivity contribution < 1.29 is 9.59 Å². The predicted octanol–water partition coefficient (Wildman–Crippen LogP) is 9.11. The van der Waals surface area contributed by atoms with E-state index in [1.807, 2.05) is 48.5 Å². The average Bonchev–Trinajstić information content (AvgIpc) is 3.27. The smallest absolute Gasteiger partial charge is 0.150 e. The maximum Gasteiger partial charge on any atom is 0.150 e. The minimum Gasteiger partial charge on any atom is -0.340 e. The summed E-state index contributed by atoms with van der Waals surface area (Å²) in [6.45, 7) is 3.26. The number of aryl methyl sites for hydroxylation is 1. The van der Waals surface area contributed by atoms with Crippen LogP contribution in [0.1, 0.15) is 66.2 Å². The lowest BCUT2D eigenvalue weighted by Gasteiger charge is -2.09. The summed E-state index contributed by atoms with van der Waals surface area (Å²) in [7, 11) is 0. The molecule has 186 valence electrons. The van der Waals surface area contributed by atoms with E-state index >= 15 is 0 Å². The molecular formula is C34H33NO2. The van der Waals surface area contributed by atoms with E-state index in [2.05, 4.69) is 47.9 Å². The molecule has 0 aliphatic carbocycles. The lowest BCUT2D eigenvalue weighted by molar-refractivity contribution is 0.111. The first-order valence-corrected chi connectivity index (χ1v) is 13.4. The second-order valence-electron chi connectivity index (χ2n) is 9.86. The Morgan fingerprint density at radius 1 is 0.541 bits per heavy atom. The molecule has 5 rings (SSSR count). The number of nitrogens with zero attached hydrogens (tertiary/aromatic N) is 1. The van der Waals surface area contributed by atoms with E-state index in [0.717, 1.165) is 41.4 Å². The molecule has 0 atom stereocenters. The standard InChI is InChI=1S/C34H33NO2/c1-2-3-4-5-6-7-20-35-33-18-16-29(27-12-8-25(23-36)9-13-27)21-31(33)32-22-30(17-19-34(32)35)28-14-10-26(24-37)11-15-28/h8-19,21-24H,2-7,20H2,1H3. The van der Waals surface area contributed by atoms with E-state index in [4.69, 9.17) is 0 Å². The Balaban J connectivity index is 1.57. The largest absolute Gasteiger partial charge is 0.340 e. The summed E-state index contributed by atoms with van der Waals surface area (Å²) in [6.07, 6.45) is 9.40. The van der Waals surface area contributed by atoms with E-state index < -0.39 is 0 Å². The number of fused-ring (bicyclic) bond motifs is 3. The van der Waals surface area contributed by atoms with Crippen LogP contribution in [0.2, 0.25) is 0 Å². The molecule has 0 N–H and O–H groups in total.